The molecule has 0 bridgehead atoms. The van der Waals surface area contributed by atoms with Gasteiger partial charge in [0.2, 0.25) is 12.3 Å². The number of amides is 2. The van der Waals surface area contributed by atoms with E-state index >= 15 is 0 Å². The molecular formula is C25H31N5O2. The Hall–Kier alpha value is -3.35. The molecule has 0 atom stereocenters. The molecule has 7 heteroatoms. The van der Waals surface area contributed by atoms with E-state index in [4.69, 9.17) is 0 Å². The summed E-state index contributed by atoms with van der Waals surface area (Å²) in [6.07, 6.45) is 3.51. The number of hydrogen-bond donors (Lipinski definition) is 1. The van der Waals surface area contributed by atoms with Crippen molar-refractivity contribution in [2.75, 3.05) is 44.0 Å². The van der Waals surface area contributed by atoms with Crippen LogP contribution in [0.4, 0.5) is 11.4 Å². The molecule has 2 aliphatic rings. The van der Waals surface area contributed by atoms with Crippen molar-refractivity contribution in [2.45, 2.75) is 19.3 Å². The van der Waals surface area contributed by atoms with Crippen molar-refractivity contribution in [3.63, 3.8) is 0 Å². The highest BCUT2D eigenvalue weighted by Gasteiger charge is 2.39. The van der Waals surface area contributed by atoms with Gasteiger partial charge in [-0.05, 0) is 48.2 Å². The number of nitrogens with zero attached hydrogens (tertiary/aromatic N) is 4. The number of carbonyl (C=O) groups excluding carboxylic acids is 2. The van der Waals surface area contributed by atoms with Crippen molar-refractivity contribution in [3.05, 3.63) is 48.5 Å². The monoisotopic (exact) mass is 433 g/mol. The van der Waals surface area contributed by atoms with Gasteiger partial charge >= 0.3 is 0 Å². The lowest BCUT2D eigenvalue weighted by atomic mass is 9.94. The predicted octanol–water partition coefficient (Wildman–Crippen LogP) is 3.17. The summed E-state index contributed by atoms with van der Waals surface area (Å²) in [5.74, 6) is 1.52. The number of carbonyl (C=O) groups is 2. The Bertz CT molecular complexity index is 974. The van der Waals surface area contributed by atoms with Gasteiger partial charge < -0.3 is 15.2 Å². The summed E-state index contributed by atoms with van der Waals surface area (Å²) in [5.41, 5.74) is 6.96. The second kappa shape index (κ2) is 9.42. The number of anilines is 2. The summed E-state index contributed by atoms with van der Waals surface area (Å²) in [6.45, 7) is 1.49. The Balaban J connectivity index is 1.43. The minimum Gasteiger partial charge on any atom is -0.378 e. The van der Waals surface area contributed by atoms with Crippen LogP contribution in [-0.4, -0.2) is 57.3 Å². The first-order valence-electron chi connectivity index (χ1n) is 11.1. The first-order chi connectivity index (χ1) is 15.5. The highest BCUT2D eigenvalue weighted by Crippen LogP contribution is 2.34. The highest BCUT2D eigenvalue weighted by molar-refractivity contribution is 6.10. The largest absolute Gasteiger partial charge is 0.378 e. The summed E-state index contributed by atoms with van der Waals surface area (Å²) in [4.78, 5) is 29.7. The Morgan fingerprint density at radius 2 is 1.59 bits per heavy atom. The van der Waals surface area contributed by atoms with Crippen molar-refractivity contribution in [2.24, 2.45) is 16.9 Å². The van der Waals surface area contributed by atoms with Gasteiger partial charge in [-0.25, -0.2) is 0 Å². The van der Waals surface area contributed by atoms with Crippen molar-refractivity contribution in [1.29, 1.82) is 0 Å². The molecule has 0 radical (unpaired) electrons. The SMILES string of the molecule is CN/N=C(/CC1CN(C(=O)C2CC2)C1)N(C=O)c1ccc(-c2ccc(N(C)C)cc2)cc1. The third-order valence-electron chi connectivity index (χ3n) is 6.15. The van der Waals surface area contributed by atoms with Crippen LogP contribution in [0.1, 0.15) is 19.3 Å². The van der Waals surface area contributed by atoms with Gasteiger partial charge in [0, 0.05) is 63.9 Å². The van der Waals surface area contributed by atoms with E-state index in [1.807, 2.05) is 43.3 Å². The normalized spacial score (nSPS) is 16.3. The van der Waals surface area contributed by atoms with Crippen LogP contribution in [-0.2, 0) is 9.59 Å². The van der Waals surface area contributed by atoms with Gasteiger partial charge in [-0.1, -0.05) is 24.3 Å². The Morgan fingerprint density at radius 1 is 1.03 bits per heavy atom. The van der Waals surface area contributed by atoms with Crippen LogP contribution in [0.5, 0.6) is 0 Å². The maximum atomic E-state index is 12.2. The standard InChI is InChI=1S/C25H31N5O2/c1-26-27-24(14-18-15-29(16-18)25(32)21-4-5-21)30(17-31)23-12-8-20(9-13-23)19-6-10-22(11-7-19)28(2)3/h6-13,17-18,21,26H,4-5,14-16H2,1-3H3/b27-24-. The molecule has 1 aliphatic carbocycles. The zero-order valence-corrected chi connectivity index (χ0v) is 19.0. The lowest BCUT2D eigenvalue weighted by Gasteiger charge is -2.40. The number of amidine groups is 1. The van der Waals surface area contributed by atoms with Crippen LogP contribution in [0.15, 0.2) is 53.6 Å². The average Bonchev–Trinajstić information content (AvgIpc) is 3.62. The molecule has 1 heterocycles. The topological polar surface area (TPSA) is 68.2 Å². The number of hydrazone groups is 1. The second-order valence-electron chi connectivity index (χ2n) is 8.80. The molecule has 0 spiro atoms. The first-order valence-corrected chi connectivity index (χ1v) is 11.1. The molecule has 168 valence electrons. The van der Waals surface area contributed by atoms with Crippen LogP contribution < -0.4 is 15.2 Å². The fourth-order valence-electron chi connectivity index (χ4n) is 4.09. The van der Waals surface area contributed by atoms with Gasteiger partial charge in [-0.3, -0.25) is 14.5 Å². The predicted molar refractivity (Wildman–Crippen MR) is 129 cm³/mol. The Kier molecular flexibility index (Phi) is 6.44. The molecule has 1 aliphatic heterocycles. The molecule has 32 heavy (non-hydrogen) atoms. The third-order valence-corrected chi connectivity index (χ3v) is 6.15. The number of likely N-dealkylation sites (tertiary alicyclic amines) is 1. The number of nitrogens with one attached hydrogen (secondary N) is 1. The summed E-state index contributed by atoms with van der Waals surface area (Å²) >= 11 is 0. The summed E-state index contributed by atoms with van der Waals surface area (Å²) < 4.78 is 0. The first kappa shape index (κ1) is 21.9. The second-order valence-corrected chi connectivity index (χ2v) is 8.80. The summed E-state index contributed by atoms with van der Waals surface area (Å²) in [6, 6.07) is 16.3. The highest BCUT2D eigenvalue weighted by atomic mass is 16.2. The molecule has 2 aromatic carbocycles. The van der Waals surface area contributed by atoms with Crippen LogP contribution >= 0.6 is 0 Å². The summed E-state index contributed by atoms with van der Waals surface area (Å²) in [7, 11) is 5.77. The number of benzene rings is 2. The molecule has 4 rings (SSSR count). The molecule has 2 fully saturated rings. The van der Waals surface area contributed by atoms with Gasteiger partial charge in [0.1, 0.15) is 5.84 Å². The minimum absolute atomic E-state index is 0.255. The number of rotatable bonds is 8. The zero-order chi connectivity index (χ0) is 22.7. The van der Waals surface area contributed by atoms with E-state index in [2.05, 4.69) is 39.7 Å². The molecule has 1 saturated carbocycles. The maximum absolute atomic E-state index is 12.2. The van der Waals surface area contributed by atoms with Crippen LogP contribution in [0.25, 0.3) is 11.1 Å². The molecule has 7 nitrogen and oxygen atoms in total. The van der Waals surface area contributed by atoms with E-state index in [1.54, 1.807) is 11.9 Å². The molecule has 0 aromatic heterocycles. The fourth-order valence-corrected chi connectivity index (χ4v) is 4.09. The van der Waals surface area contributed by atoms with E-state index < -0.39 is 0 Å². The molecule has 2 amide bonds. The van der Waals surface area contributed by atoms with Crippen LogP contribution in [0.3, 0.4) is 0 Å². The Morgan fingerprint density at radius 3 is 2.06 bits per heavy atom. The quantitative estimate of drug-likeness (QED) is 0.301. The van der Waals surface area contributed by atoms with Crippen molar-refractivity contribution in [1.82, 2.24) is 10.3 Å². The average molecular weight is 434 g/mol. The van der Waals surface area contributed by atoms with Gasteiger partial charge in [0.05, 0.1) is 0 Å². The van der Waals surface area contributed by atoms with Gasteiger partial charge in [-0.15, -0.1) is 0 Å². The van der Waals surface area contributed by atoms with Gasteiger partial charge in [-0.2, -0.15) is 5.10 Å². The van der Waals surface area contributed by atoms with Gasteiger partial charge in [0.25, 0.3) is 0 Å². The summed E-state index contributed by atoms with van der Waals surface area (Å²) in [5, 5.41) is 4.37. The van der Waals surface area contributed by atoms with E-state index in [-0.39, 0.29) is 11.8 Å². The smallest absolute Gasteiger partial charge is 0.225 e. The van der Waals surface area contributed by atoms with E-state index in [0.717, 1.165) is 54.8 Å². The van der Waals surface area contributed by atoms with E-state index in [9.17, 15) is 9.59 Å². The van der Waals surface area contributed by atoms with E-state index in [1.165, 1.54) is 0 Å². The van der Waals surface area contributed by atoms with Crippen molar-refractivity contribution >= 4 is 29.5 Å². The van der Waals surface area contributed by atoms with Crippen molar-refractivity contribution < 1.29 is 9.59 Å². The minimum atomic E-state index is 0.255. The van der Waals surface area contributed by atoms with E-state index in [0.29, 0.717) is 18.2 Å². The molecule has 0 unspecified atom stereocenters. The number of hydrogen-bond acceptors (Lipinski definition) is 5. The lowest BCUT2D eigenvalue weighted by molar-refractivity contribution is -0.138. The third kappa shape index (κ3) is 4.77. The molecule has 2 aromatic rings. The van der Waals surface area contributed by atoms with Crippen LogP contribution in [0.2, 0.25) is 0 Å². The molecule has 1 N–H and O–H groups in total. The molecule has 1 saturated heterocycles. The maximum Gasteiger partial charge on any atom is 0.225 e. The van der Waals surface area contributed by atoms with Crippen molar-refractivity contribution in [3.8, 4) is 11.1 Å². The Labute approximate surface area is 189 Å². The zero-order valence-electron chi connectivity index (χ0n) is 19.0. The lowest BCUT2D eigenvalue weighted by Crippen LogP contribution is -2.52. The van der Waals surface area contributed by atoms with Gasteiger partial charge in [0.15, 0.2) is 0 Å². The molecular weight excluding hydrogens is 402 g/mol. The van der Waals surface area contributed by atoms with Crippen LogP contribution in [0, 0.1) is 11.8 Å². The fraction of sp³-hybridized carbons (Fsp3) is 0.400.